The average molecular weight is 404 g/mol. The first-order valence-corrected chi connectivity index (χ1v) is 10.6. The molecule has 0 amide bonds. The molecule has 0 radical (unpaired) electrons. The van der Waals surface area contributed by atoms with Crippen LogP contribution in [0.1, 0.15) is 16.7 Å². The normalized spacial score (nSPS) is 23.9. The fourth-order valence-corrected chi connectivity index (χ4v) is 3.96. The first kappa shape index (κ1) is 20.8. The van der Waals surface area contributed by atoms with E-state index in [0.29, 0.717) is 19.8 Å². The number of hydrogen-bond donors (Lipinski definition) is 2. The summed E-state index contributed by atoms with van der Waals surface area (Å²) >= 11 is 0. The molecule has 3 aromatic carbocycles. The highest BCUT2D eigenvalue weighted by Crippen LogP contribution is 2.23. The highest BCUT2D eigenvalue weighted by molar-refractivity contribution is 5.18. The quantitative estimate of drug-likeness (QED) is 0.602. The number of aliphatic hydroxyl groups excluding tert-OH is 1. The Hall–Kier alpha value is -2.50. The number of rotatable bonds is 8. The van der Waals surface area contributed by atoms with Gasteiger partial charge in [-0.2, -0.15) is 0 Å². The van der Waals surface area contributed by atoms with Gasteiger partial charge in [0.25, 0.3) is 0 Å². The van der Waals surface area contributed by atoms with Gasteiger partial charge < -0.3 is 19.9 Å². The van der Waals surface area contributed by atoms with E-state index in [4.69, 9.17) is 9.47 Å². The van der Waals surface area contributed by atoms with Gasteiger partial charge in [-0.05, 0) is 23.1 Å². The Labute approximate surface area is 178 Å². The number of benzene rings is 3. The zero-order valence-corrected chi connectivity index (χ0v) is 17.1. The number of ether oxygens (including phenoxy) is 2. The number of β-amino-alcohol motifs (C(OH)–C–C–N with tert-alkyl or cyclic N) is 1. The van der Waals surface area contributed by atoms with Crippen LogP contribution in [-0.2, 0) is 29.1 Å². The topological polar surface area (TPSA) is 50.7 Å². The van der Waals surface area contributed by atoms with Gasteiger partial charge >= 0.3 is 0 Å². The van der Waals surface area contributed by atoms with Crippen LogP contribution in [-0.4, -0.2) is 36.0 Å². The third-order valence-corrected chi connectivity index (χ3v) is 5.56. The summed E-state index contributed by atoms with van der Waals surface area (Å²) in [5.74, 6) is 0. The van der Waals surface area contributed by atoms with E-state index in [1.54, 1.807) is 0 Å². The summed E-state index contributed by atoms with van der Waals surface area (Å²) in [5.41, 5.74) is 3.43. The molecule has 1 aliphatic heterocycles. The zero-order valence-electron chi connectivity index (χ0n) is 17.1. The van der Waals surface area contributed by atoms with Gasteiger partial charge in [-0.1, -0.05) is 91.0 Å². The summed E-state index contributed by atoms with van der Waals surface area (Å²) < 4.78 is 12.6. The molecule has 3 aromatic rings. The highest BCUT2D eigenvalue weighted by atomic mass is 16.5. The van der Waals surface area contributed by atoms with Crippen molar-refractivity contribution >= 4 is 0 Å². The van der Waals surface area contributed by atoms with Crippen molar-refractivity contribution in [3.63, 3.8) is 0 Å². The molecule has 0 aromatic heterocycles. The van der Waals surface area contributed by atoms with Crippen LogP contribution in [0.2, 0.25) is 0 Å². The smallest absolute Gasteiger partial charge is 0.113 e. The van der Waals surface area contributed by atoms with Crippen molar-refractivity contribution in [2.24, 2.45) is 0 Å². The molecule has 0 saturated carbocycles. The van der Waals surface area contributed by atoms with Crippen molar-refractivity contribution < 1.29 is 14.6 Å². The maximum absolute atomic E-state index is 10.7. The van der Waals surface area contributed by atoms with Crippen molar-refractivity contribution in [1.29, 1.82) is 0 Å². The summed E-state index contributed by atoms with van der Waals surface area (Å²) in [6.07, 6.45) is -0.471. The lowest BCUT2D eigenvalue weighted by Gasteiger charge is -2.41. The van der Waals surface area contributed by atoms with E-state index in [0.717, 1.165) is 17.5 Å². The van der Waals surface area contributed by atoms with E-state index < -0.39 is 12.2 Å². The van der Waals surface area contributed by atoms with E-state index >= 15 is 0 Å². The Morgan fingerprint density at radius 3 is 1.67 bits per heavy atom. The van der Waals surface area contributed by atoms with Crippen molar-refractivity contribution in [3.8, 4) is 0 Å². The second-order valence-electron chi connectivity index (χ2n) is 7.79. The van der Waals surface area contributed by atoms with Gasteiger partial charge in [0.05, 0.1) is 19.3 Å². The van der Waals surface area contributed by atoms with E-state index in [9.17, 15) is 5.11 Å². The second kappa shape index (κ2) is 10.5. The van der Waals surface area contributed by atoms with E-state index in [-0.39, 0.29) is 12.1 Å². The minimum absolute atomic E-state index is 0.0558. The lowest BCUT2D eigenvalue weighted by atomic mass is 9.91. The van der Waals surface area contributed by atoms with Crippen LogP contribution in [0.3, 0.4) is 0 Å². The molecular weight excluding hydrogens is 374 g/mol. The van der Waals surface area contributed by atoms with E-state index in [1.807, 2.05) is 54.6 Å². The van der Waals surface area contributed by atoms with Crippen LogP contribution in [0.15, 0.2) is 91.0 Å². The highest BCUT2D eigenvalue weighted by Gasteiger charge is 2.40. The Kier molecular flexibility index (Phi) is 7.27. The Balaban J connectivity index is 1.50. The number of aliphatic hydroxyl groups is 1. The van der Waals surface area contributed by atoms with Gasteiger partial charge in [0, 0.05) is 12.6 Å². The summed E-state index contributed by atoms with van der Waals surface area (Å²) in [6, 6.07) is 30.6. The molecule has 4 heteroatoms. The maximum atomic E-state index is 10.7. The summed E-state index contributed by atoms with van der Waals surface area (Å²) in [7, 11) is 0. The third kappa shape index (κ3) is 5.55. The van der Waals surface area contributed by atoms with Crippen molar-refractivity contribution in [2.45, 2.75) is 44.0 Å². The number of piperidine rings is 1. The minimum atomic E-state index is -0.624. The van der Waals surface area contributed by atoms with Crippen molar-refractivity contribution in [2.75, 3.05) is 6.54 Å². The Morgan fingerprint density at radius 2 is 1.13 bits per heavy atom. The predicted molar refractivity (Wildman–Crippen MR) is 118 cm³/mol. The number of nitrogens with one attached hydrogen (secondary N) is 1. The fraction of sp³-hybridized carbons (Fsp3) is 0.308. The largest absolute Gasteiger partial charge is 0.389 e. The molecule has 156 valence electrons. The monoisotopic (exact) mass is 403 g/mol. The summed E-state index contributed by atoms with van der Waals surface area (Å²) in [6.45, 7) is 1.42. The first-order valence-electron chi connectivity index (χ1n) is 10.6. The molecule has 4 atom stereocenters. The second-order valence-corrected chi connectivity index (χ2v) is 7.79. The molecule has 0 unspecified atom stereocenters. The molecule has 1 aliphatic rings. The van der Waals surface area contributed by atoms with Gasteiger partial charge in [-0.25, -0.2) is 0 Å². The van der Waals surface area contributed by atoms with E-state index in [2.05, 4.69) is 41.7 Å². The minimum Gasteiger partial charge on any atom is -0.389 e. The van der Waals surface area contributed by atoms with Crippen molar-refractivity contribution in [3.05, 3.63) is 108 Å². The van der Waals surface area contributed by atoms with Crippen LogP contribution in [0, 0.1) is 0 Å². The molecular formula is C26H29NO3. The molecule has 0 spiro atoms. The molecule has 4 rings (SSSR count). The molecule has 1 heterocycles. The van der Waals surface area contributed by atoms with Crippen LogP contribution < -0.4 is 5.32 Å². The number of hydrogen-bond acceptors (Lipinski definition) is 4. The molecule has 0 aliphatic carbocycles. The molecule has 1 fully saturated rings. The Morgan fingerprint density at radius 1 is 0.667 bits per heavy atom. The molecule has 30 heavy (non-hydrogen) atoms. The maximum Gasteiger partial charge on any atom is 0.113 e. The molecule has 1 saturated heterocycles. The SMILES string of the molecule is O[C@@H]1CN[C@H](Cc2ccccc2)[C@H](OCc2ccccc2)[C@H]1OCc1ccccc1. The summed E-state index contributed by atoms with van der Waals surface area (Å²) in [5, 5.41) is 14.2. The van der Waals surface area contributed by atoms with Crippen LogP contribution in [0.25, 0.3) is 0 Å². The molecule has 0 bridgehead atoms. The Bertz CT molecular complexity index is 873. The van der Waals surface area contributed by atoms with Gasteiger partial charge in [-0.15, -0.1) is 0 Å². The van der Waals surface area contributed by atoms with Crippen LogP contribution in [0.4, 0.5) is 0 Å². The molecule has 4 nitrogen and oxygen atoms in total. The van der Waals surface area contributed by atoms with Crippen LogP contribution in [0.5, 0.6) is 0 Å². The lowest BCUT2D eigenvalue weighted by molar-refractivity contribution is -0.158. The van der Waals surface area contributed by atoms with Crippen LogP contribution >= 0.6 is 0 Å². The van der Waals surface area contributed by atoms with Gasteiger partial charge in [0.2, 0.25) is 0 Å². The van der Waals surface area contributed by atoms with E-state index in [1.165, 1.54) is 5.56 Å². The average Bonchev–Trinajstić information content (AvgIpc) is 2.80. The lowest BCUT2D eigenvalue weighted by Crippen LogP contribution is -2.62. The van der Waals surface area contributed by atoms with Gasteiger partial charge in [0.15, 0.2) is 0 Å². The first-order chi connectivity index (χ1) is 14.8. The summed E-state index contributed by atoms with van der Waals surface area (Å²) in [4.78, 5) is 0. The third-order valence-electron chi connectivity index (χ3n) is 5.56. The van der Waals surface area contributed by atoms with Gasteiger partial charge in [-0.3, -0.25) is 0 Å². The standard InChI is InChI=1S/C26H29NO3/c28-24-17-27-23(16-20-10-4-1-5-11-20)25(29-18-21-12-6-2-7-13-21)26(24)30-19-22-14-8-3-9-15-22/h1-15,23-28H,16-19H2/t23-,24-,25+,26+/m1/s1. The zero-order chi connectivity index (χ0) is 20.6. The fourth-order valence-electron chi connectivity index (χ4n) is 3.96. The molecule has 2 N–H and O–H groups in total. The van der Waals surface area contributed by atoms with Crippen molar-refractivity contribution in [1.82, 2.24) is 5.32 Å². The predicted octanol–water partition coefficient (Wildman–Crippen LogP) is 3.73. The van der Waals surface area contributed by atoms with Gasteiger partial charge in [0.1, 0.15) is 12.2 Å².